The van der Waals surface area contributed by atoms with Crippen molar-refractivity contribution in [3.63, 3.8) is 0 Å². The summed E-state index contributed by atoms with van der Waals surface area (Å²) in [5.41, 5.74) is -1.26. The summed E-state index contributed by atoms with van der Waals surface area (Å²) in [5, 5.41) is 14.8. The predicted molar refractivity (Wildman–Crippen MR) is 171 cm³/mol. The number of nitrogens with zero attached hydrogens (tertiary/aromatic N) is 4. The highest BCUT2D eigenvalue weighted by atomic mass is 19.1. The molecule has 2 N–H and O–H groups in total. The van der Waals surface area contributed by atoms with Crippen molar-refractivity contribution in [2.45, 2.75) is 44.4 Å². The minimum atomic E-state index is -0.987. The summed E-state index contributed by atoms with van der Waals surface area (Å²) in [6, 6.07) is 6.77. The van der Waals surface area contributed by atoms with Gasteiger partial charge in [-0.3, -0.25) is 0 Å². The molecule has 3 fully saturated rings. The molecule has 3 aliphatic heterocycles. The lowest BCUT2D eigenvalue weighted by atomic mass is 9.80. The van der Waals surface area contributed by atoms with Gasteiger partial charge in [-0.05, 0) is 56.0 Å². The van der Waals surface area contributed by atoms with Crippen LogP contribution in [-0.4, -0.2) is 85.1 Å². The van der Waals surface area contributed by atoms with Gasteiger partial charge in [0.05, 0.1) is 17.2 Å². The Morgan fingerprint density at radius 2 is 1.85 bits per heavy atom. The molecule has 7 rings (SSSR count). The van der Waals surface area contributed by atoms with Crippen LogP contribution in [0.5, 0.6) is 11.8 Å². The minimum Gasteiger partial charge on any atom is -0.508 e. The van der Waals surface area contributed by atoms with E-state index >= 15 is 8.78 Å². The molecule has 8 nitrogen and oxygen atoms in total. The fourth-order valence-corrected chi connectivity index (χ4v) is 7.70. The molecule has 240 valence electrons. The molecule has 4 atom stereocenters. The Hall–Kier alpha value is -4.11. The van der Waals surface area contributed by atoms with Crippen LogP contribution in [0.1, 0.15) is 31.7 Å². The Balaban J connectivity index is 1.40. The smallest absolute Gasteiger partial charge is 0.319 e. The molecule has 3 aliphatic rings. The molecule has 0 spiro atoms. The highest BCUT2D eigenvalue weighted by Crippen LogP contribution is 2.42. The number of phenols is 1. The number of hydrogen-bond donors (Lipinski definition) is 2. The van der Waals surface area contributed by atoms with Crippen LogP contribution in [0.4, 0.5) is 19.0 Å². The SMILES string of the molecule is C#Cc1c(F)ccc2cc(O)cc(-c3c(F)cc4c(N5C[C@H]6CC[C@@H](C5)N6)nc(OCC5(C)CN(C)CCC5OC)nc4c3F)c12. The molecule has 1 aromatic heterocycles. The van der Waals surface area contributed by atoms with Crippen LogP contribution >= 0.6 is 0 Å². The number of piperidine rings is 1. The van der Waals surface area contributed by atoms with Crippen LogP contribution in [0.2, 0.25) is 0 Å². The highest BCUT2D eigenvalue weighted by Gasteiger charge is 2.40. The van der Waals surface area contributed by atoms with Gasteiger partial charge in [0.15, 0.2) is 5.82 Å². The number of anilines is 1. The minimum absolute atomic E-state index is 0.0368. The normalized spacial score (nSPS) is 24.9. The van der Waals surface area contributed by atoms with Gasteiger partial charge < -0.3 is 29.7 Å². The van der Waals surface area contributed by atoms with Crippen molar-refractivity contribution in [3.05, 3.63) is 53.3 Å². The third kappa shape index (κ3) is 5.18. The number of ether oxygens (including phenoxy) is 2. The lowest BCUT2D eigenvalue weighted by Gasteiger charge is -2.43. The van der Waals surface area contributed by atoms with Gasteiger partial charge >= 0.3 is 6.01 Å². The maximum atomic E-state index is 16.9. The van der Waals surface area contributed by atoms with Crippen molar-refractivity contribution in [1.29, 1.82) is 0 Å². The zero-order valence-electron chi connectivity index (χ0n) is 26.0. The number of benzene rings is 3. The van der Waals surface area contributed by atoms with Crippen molar-refractivity contribution in [2.24, 2.45) is 5.41 Å². The molecule has 2 unspecified atom stereocenters. The maximum Gasteiger partial charge on any atom is 0.319 e. The average Bonchev–Trinajstić information content (AvgIpc) is 3.37. The average molecular weight is 632 g/mol. The summed E-state index contributed by atoms with van der Waals surface area (Å²) in [6.07, 6.45) is 8.43. The monoisotopic (exact) mass is 631 g/mol. The van der Waals surface area contributed by atoms with Gasteiger partial charge in [-0.15, -0.1) is 6.42 Å². The van der Waals surface area contributed by atoms with E-state index in [1.807, 2.05) is 11.9 Å². The van der Waals surface area contributed by atoms with E-state index in [2.05, 4.69) is 28.0 Å². The second-order valence-corrected chi connectivity index (χ2v) is 13.2. The van der Waals surface area contributed by atoms with Crippen molar-refractivity contribution in [1.82, 2.24) is 20.2 Å². The molecule has 0 aliphatic carbocycles. The third-order valence-electron chi connectivity index (χ3n) is 9.82. The van der Waals surface area contributed by atoms with Crippen LogP contribution in [0.25, 0.3) is 32.8 Å². The van der Waals surface area contributed by atoms with Gasteiger partial charge in [-0.2, -0.15) is 9.97 Å². The Bertz CT molecular complexity index is 1890. The van der Waals surface area contributed by atoms with E-state index in [0.717, 1.165) is 38.4 Å². The summed E-state index contributed by atoms with van der Waals surface area (Å²) in [7, 11) is 3.73. The van der Waals surface area contributed by atoms with Crippen molar-refractivity contribution < 1.29 is 27.8 Å². The first-order valence-corrected chi connectivity index (χ1v) is 15.6. The van der Waals surface area contributed by atoms with E-state index in [0.29, 0.717) is 24.3 Å². The van der Waals surface area contributed by atoms with Crippen LogP contribution < -0.4 is 15.0 Å². The molecule has 2 bridgehead atoms. The highest BCUT2D eigenvalue weighted by molar-refractivity contribution is 6.04. The summed E-state index contributed by atoms with van der Waals surface area (Å²) in [6.45, 7) is 5.13. The number of likely N-dealkylation sites (tertiary alicyclic amines) is 1. The molecule has 0 radical (unpaired) electrons. The number of aromatic nitrogens is 2. The molecule has 11 heteroatoms. The van der Waals surface area contributed by atoms with Crippen LogP contribution in [0, 0.1) is 35.2 Å². The fourth-order valence-electron chi connectivity index (χ4n) is 7.70. The molecule has 3 saturated heterocycles. The number of halogens is 3. The molecule has 4 aromatic rings. The molecule has 0 saturated carbocycles. The second-order valence-electron chi connectivity index (χ2n) is 13.2. The number of fused-ring (bicyclic) bond motifs is 4. The quantitative estimate of drug-likeness (QED) is 0.280. The van der Waals surface area contributed by atoms with Crippen LogP contribution in [0.15, 0.2) is 30.3 Å². The summed E-state index contributed by atoms with van der Waals surface area (Å²) in [4.78, 5) is 13.5. The van der Waals surface area contributed by atoms with Crippen LogP contribution in [-0.2, 0) is 4.74 Å². The molecule has 4 heterocycles. The van der Waals surface area contributed by atoms with Crippen LogP contribution in [0.3, 0.4) is 0 Å². The number of hydrogen-bond acceptors (Lipinski definition) is 8. The first-order chi connectivity index (χ1) is 22.1. The van der Waals surface area contributed by atoms with E-state index in [1.165, 1.54) is 24.3 Å². The summed E-state index contributed by atoms with van der Waals surface area (Å²) >= 11 is 0. The lowest BCUT2D eigenvalue weighted by Crippen LogP contribution is -2.52. The first-order valence-electron chi connectivity index (χ1n) is 15.6. The van der Waals surface area contributed by atoms with E-state index in [4.69, 9.17) is 20.9 Å². The van der Waals surface area contributed by atoms with Gasteiger partial charge in [0.2, 0.25) is 0 Å². The number of terminal acetylenes is 1. The van der Waals surface area contributed by atoms with E-state index in [-0.39, 0.29) is 64.0 Å². The van der Waals surface area contributed by atoms with E-state index in [9.17, 15) is 9.50 Å². The largest absolute Gasteiger partial charge is 0.508 e. The number of rotatable bonds is 6. The van der Waals surface area contributed by atoms with Gasteiger partial charge in [-0.1, -0.05) is 18.9 Å². The predicted octanol–water partition coefficient (Wildman–Crippen LogP) is 5.23. The Kier molecular flexibility index (Phi) is 7.70. The zero-order valence-corrected chi connectivity index (χ0v) is 26.0. The summed E-state index contributed by atoms with van der Waals surface area (Å²) < 4.78 is 60.0. The molecule has 3 aromatic carbocycles. The summed E-state index contributed by atoms with van der Waals surface area (Å²) in [5.74, 6) is -0.177. The van der Waals surface area contributed by atoms with E-state index in [1.54, 1.807) is 7.11 Å². The Morgan fingerprint density at radius 1 is 1.09 bits per heavy atom. The standard InChI is InChI=1S/C35H36F3N5O3/c1-5-23-26(36)9-6-19-12-22(44)13-24(29(19)23)30-27(37)14-25-32(31(30)38)40-34(41-33(25)43-15-20-7-8-21(16-43)39-20)46-18-35(2)17-42(3)11-10-28(35)45-4/h1,6,9,12-14,20-21,28,39,44H,7-8,10-11,15-18H2,2-4H3/t20-,21+,28?,35?. The molecular weight excluding hydrogens is 595 g/mol. The van der Waals surface area contributed by atoms with Crippen molar-refractivity contribution in [3.8, 4) is 35.2 Å². The number of piperazine rings is 1. The number of methoxy groups -OCH3 is 1. The topological polar surface area (TPSA) is 83.0 Å². The Morgan fingerprint density at radius 3 is 2.57 bits per heavy atom. The number of nitrogens with one attached hydrogen (secondary N) is 1. The van der Waals surface area contributed by atoms with Gasteiger partial charge in [0, 0.05) is 67.1 Å². The van der Waals surface area contributed by atoms with Crippen molar-refractivity contribution >= 4 is 27.5 Å². The van der Waals surface area contributed by atoms with Crippen molar-refractivity contribution in [2.75, 3.05) is 51.8 Å². The number of aromatic hydroxyl groups is 1. The first kappa shape index (κ1) is 30.5. The fraction of sp³-hybridized carbons (Fsp3) is 0.429. The second kappa shape index (κ2) is 11.6. The van der Waals surface area contributed by atoms with E-state index < -0.39 is 28.4 Å². The maximum absolute atomic E-state index is 16.9. The third-order valence-corrected chi connectivity index (χ3v) is 9.82. The van der Waals surface area contributed by atoms with Gasteiger partial charge in [-0.25, -0.2) is 13.2 Å². The lowest BCUT2D eigenvalue weighted by molar-refractivity contribution is -0.0754. The number of phenolic OH excluding ortho intramolecular Hbond substituents is 1. The van der Waals surface area contributed by atoms with Gasteiger partial charge in [0.25, 0.3) is 0 Å². The molecular formula is C35H36F3N5O3. The van der Waals surface area contributed by atoms with Gasteiger partial charge in [0.1, 0.15) is 35.3 Å². The molecule has 0 amide bonds. The zero-order chi connectivity index (χ0) is 32.3. The molecule has 46 heavy (non-hydrogen) atoms. The Labute approximate surface area is 265 Å².